The first-order valence-electron chi connectivity index (χ1n) is 8.27. The van der Waals surface area contributed by atoms with Crippen molar-refractivity contribution >= 4 is 0 Å². The van der Waals surface area contributed by atoms with Gasteiger partial charge in [0.2, 0.25) is 0 Å². The van der Waals surface area contributed by atoms with Crippen molar-refractivity contribution in [1.29, 1.82) is 0 Å². The highest BCUT2D eigenvalue weighted by molar-refractivity contribution is 4.78. The Balaban J connectivity index is 1.63. The maximum atomic E-state index is 6.34. The van der Waals surface area contributed by atoms with Crippen molar-refractivity contribution < 1.29 is 4.74 Å². The summed E-state index contributed by atoms with van der Waals surface area (Å²) in [4.78, 5) is 0. The molecule has 2 saturated carbocycles. The Labute approximate surface area is 113 Å². The van der Waals surface area contributed by atoms with Crippen LogP contribution in [0.25, 0.3) is 0 Å². The molecule has 0 aromatic rings. The number of hydrogen-bond acceptors (Lipinski definition) is 2. The topological polar surface area (TPSA) is 21.3 Å². The first-order valence-corrected chi connectivity index (χ1v) is 8.27. The Morgan fingerprint density at radius 3 is 2.06 bits per heavy atom. The molecule has 2 nitrogen and oxygen atoms in total. The van der Waals surface area contributed by atoms with Crippen LogP contribution in [0, 0.1) is 0 Å². The molecule has 0 unspecified atom stereocenters. The summed E-state index contributed by atoms with van der Waals surface area (Å²) in [5.74, 6) is 0. The van der Waals surface area contributed by atoms with Gasteiger partial charge in [-0.2, -0.15) is 0 Å². The van der Waals surface area contributed by atoms with Crippen LogP contribution in [0.3, 0.4) is 0 Å². The average Bonchev–Trinajstić information content (AvgIpc) is 2.67. The first-order chi connectivity index (χ1) is 8.88. The first kappa shape index (κ1) is 14.3. The molecular weight excluding hydrogens is 222 g/mol. The summed E-state index contributed by atoms with van der Waals surface area (Å²) in [6, 6.07) is 0.763. The molecule has 2 fully saturated rings. The van der Waals surface area contributed by atoms with Gasteiger partial charge >= 0.3 is 0 Å². The summed E-state index contributed by atoms with van der Waals surface area (Å²) in [5, 5.41) is 3.65. The summed E-state index contributed by atoms with van der Waals surface area (Å²) in [5.41, 5.74) is 0. The van der Waals surface area contributed by atoms with Crippen molar-refractivity contribution in [1.82, 2.24) is 5.32 Å². The second kappa shape index (κ2) is 8.16. The van der Waals surface area contributed by atoms with Gasteiger partial charge in [0.1, 0.15) is 0 Å². The summed E-state index contributed by atoms with van der Waals surface area (Å²) < 4.78 is 6.34. The Morgan fingerprint density at radius 1 is 0.833 bits per heavy atom. The standard InChI is InChI=1S/C16H31NO/c1-2-13-17-14-9-11-16(12-10-14)18-15-7-5-3-4-6-8-15/h14-17H,2-13H2,1H3. The van der Waals surface area contributed by atoms with Crippen LogP contribution in [-0.4, -0.2) is 24.8 Å². The molecule has 0 aromatic carbocycles. The lowest BCUT2D eigenvalue weighted by atomic mass is 9.92. The van der Waals surface area contributed by atoms with Crippen LogP contribution in [-0.2, 0) is 4.74 Å². The molecule has 0 heterocycles. The summed E-state index contributed by atoms with van der Waals surface area (Å²) in [7, 11) is 0. The molecule has 0 radical (unpaired) electrons. The van der Waals surface area contributed by atoms with E-state index in [2.05, 4.69) is 12.2 Å². The van der Waals surface area contributed by atoms with Gasteiger partial charge in [0, 0.05) is 6.04 Å². The van der Waals surface area contributed by atoms with Crippen LogP contribution in [0.2, 0.25) is 0 Å². The number of hydrogen-bond donors (Lipinski definition) is 1. The van der Waals surface area contributed by atoms with Crippen molar-refractivity contribution in [3.05, 3.63) is 0 Å². The van der Waals surface area contributed by atoms with E-state index in [0.29, 0.717) is 12.2 Å². The highest BCUT2D eigenvalue weighted by atomic mass is 16.5. The second-order valence-corrected chi connectivity index (χ2v) is 6.18. The fourth-order valence-electron chi connectivity index (χ4n) is 3.40. The van der Waals surface area contributed by atoms with Gasteiger partial charge in [-0.1, -0.05) is 32.6 Å². The third-order valence-electron chi connectivity index (χ3n) is 4.54. The van der Waals surface area contributed by atoms with Crippen LogP contribution in [0.15, 0.2) is 0 Å². The minimum atomic E-state index is 0.563. The highest BCUT2D eigenvalue weighted by Gasteiger charge is 2.24. The van der Waals surface area contributed by atoms with Crippen molar-refractivity contribution in [3.63, 3.8) is 0 Å². The molecule has 18 heavy (non-hydrogen) atoms. The van der Waals surface area contributed by atoms with Gasteiger partial charge in [0.05, 0.1) is 12.2 Å². The monoisotopic (exact) mass is 253 g/mol. The normalized spacial score (nSPS) is 31.2. The lowest BCUT2D eigenvalue weighted by molar-refractivity contribution is -0.0393. The quantitative estimate of drug-likeness (QED) is 0.747. The van der Waals surface area contributed by atoms with Gasteiger partial charge < -0.3 is 10.1 Å². The summed E-state index contributed by atoms with van der Waals surface area (Å²) in [6.07, 6.45) is 15.8. The molecule has 2 heteroatoms. The molecule has 106 valence electrons. The number of rotatable bonds is 5. The van der Waals surface area contributed by atoms with Gasteiger partial charge in [-0.25, -0.2) is 0 Å². The van der Waals surface area contributed by atoms with Crippen molar-refractivity contribution in [3.8, 4) is 0 Å². The number of nitrogens with one attached hydrogen (secondary N) is 1. The third kappa shape index (κ3) is 4.89. The molecule has 1 N–H and O–H groups in total. The molecule has 0 spiro atoms. The van der Waals surface area contributed by atoms with E-state index in [1.807, 2.05) is 0 Å². The van der Waals surface area contributed by atoms with Crippen LogP contribution in [0.1, 0.15) is 77.6 Å². The zero-order chi connectivity index (χ0) is 12.6. The minimum absolute atomic E-state index is 0.563. The highest BCUT2D eigenvalue weighted by Crippen LogP contribution is 2.27. The minimum Gasteiger partial charge on any atom is -0.375 e. The Hall–Kier alpha value is -0.0800. The lowest BCUT2D eigenvalue weighted by Crippen LogP contribution is -2.36. The van der Waals surface area contributed by atoms with E-state index < -0.39 is 0 Å². The van der Waals surface area contributed by atoms with E-state index >= 15 is 0 Å². The Bertz CT molecular complexity index is 203. The maximum Gasteiger partial charge on any atom is 0.0580 e. The van der Waals surface area contributed by atoms with Crippen molar-refractivity contribution in [2.45, 2.75) is 95.8 Å². The van der Waals surface area contributed by atoms with E-state index in [9.17, 15) is 0 Å². The van der Waals surface area contributed by atoms with Crippen LogP contribution in [0.4, 0.5) is 0 Å². The van der Waals surface area contributed by atoms with Gasteiger partial charge in [-0.05, 0) is 51.5 Å². The molecular formula is C16H31NO. The Kier molecular flexibility index (Phi) is 6.50. The fourth-order valence-corrected chi connectivity index (χ4v) is 3.40. The molecule has 0 atom stereocenters. The van der Waals surface area contributed by atoms with E-state index in [0.717, 1.165) is 6.04 Å². The molecule has 2 aliphatic rings. The molecule has 2 aliphatic carbocycles. The SMILES string of the molecule is CCCNC1CCC(OC2CCCCCC2)CC1. The lowest BCUT2D eigenvalue weighted by Gasteiger charge is -2.31. The largest absolute Gasteiger partial charge is 0.375 e. The number of ether oxygens (including phenoxy) is 1. The molecule has 0 saturated heterocycles. The van der Waals surface area contributed by atoms with Crippen molar-refractivity contribution in [2.75, 3.05) is 6.54 Å². The molecule has 0 aromatic heterocycles. The third-order valence-corrected chi connectivity index (χ3v) is 4.54. The van der Waals surface area contributed by atoms with Gasteiger partial charge in [0.15, 0.2) is 0 Å². The summed E-state index contributed by atoms with van der Waals surface area (Å²) >= 11 is 0. The molecule has 0 amide bonds. The van der Waals surface area contributed by atoms with E-state index in [-0.39, 0.29) is 0 Å². The Morgan fingerprint density at radius 2 is 1.44 bits per heavy atom. The zero-order valence-electron chi connectivity index (χ0n) is 12.1. The molecule has 0 aliphatic heterocycles. The van der Waals surface area contributed by atoms with Gasteiger partial charge in [0.25, 0.3) is 0 Å². The average molecular weight is 253 g/mol. The van der Waals surface area contributed by atoms with E-state index in [1.165, 1.54) is 77.2 Å². The summed E-state index contributed by atoms with van der Waals surface area (Å²) in [6.45, 7) is 3.42. The fraction of sp³-hybridized carbons (Fsp3) is 1.00. The van der Waals surface area contributed by atoms with E-state index in [4.69, 9.17) is 4.74 Å². The van der Waals surface area contributed by atoms with Gasteiger partial charge in [-0.15, -0.1) is 0 Å². The van der Waals surface area contributed by atoms with Crippen molar-refractivity contribution in [2.24, 2.45) is 0 Å². The van der Waals surface area contributed by atoms with Crippen LogP contribution >= 0.6 is 0 Å². The van der Waals surface area contributed by atoms with Crippen LogP contribution in [0.5, 0.6) is 0 Å². The zero-order valence-corrected chi connectivity index (χ0v) is 12.1. The second-order valence-electron chi connectivity index (χ2n) is 6.18. The molecule has 0 bridgehead atoms. The van der Waals surface area contributed by atoms with Crippen LogP contribution < -0.4 is 5.32 Å². The maximum absolute atomic E-state index is 6.34. The predicted octanol–water partition coefficient (Wildman–Crippen LogP) is 4.04. The van der Waals surface area contributed by atoms with E-state index in [1.54, 1.807) is 0 Å². The smallest absolute Gasteiger partial charge is 0.0580 e. The predicted molar refractivity (Wildman–Crippen MR) is 76.9 cm³/mol. The molecule has 2 rings (SSSR count). The van der Waals surface area contributed by atoms with Gasteiger partial charge in [-0.3, -0.25) is 0 Å².